The van der Waals surface area contributed by atoms with Crippen LogP contribution in [0.3, 0.4) is 0 Å². The second-order valence-corrected chi connectivity index (χ2v) is 1.14. The molecule has 0 aliphatic heterocycles. The van der Waals surface area contributed by atoms with Crippen LogP contribution in [0.4, 0.5) is 0 Å². The van der Waals surface area contributed by atoms with Gasteiger partial charge in [-0.3, -0.25) is 4.79 Å². The summed E-state index contributed by atoms with van der Waals surface area (Å²) >= 11 is 0. The summed E-state index contributed by atoms with van der Waals surface area (Å²) in [6.45, 7) is 1.84. The van der Waals surface area contributed by atoms with Crippen molar-refractivity contribution in [3.8, 4) is 0 Å². The summed E-state index contributed by atoms with van der Waals surface area (Å²) in [5.41, 5.74) is 0. The average molecular weight is 180 g/mol. The van der Waals surface area contributed by atoms with E-state index in [4.69, 9.17) is 5.11 Å². The van der Waals surface area contributed by atoms with Gasteiger partial charge in [0, 0.05) is 25.9 Å². The van der Waals surface area contributed by atoms with E-state index in [1.165, 1.54) is 0 Å². The Bertz CT molecular complexity index is 65.2. The molecule has 0 fully saturated rings. The smallest absolute Gasteiger partial charge is 1.00 e. The predicted octanol–water partition coefficient (Wildman–Crippen LogP) is 0.713. The molecule has 0 amide bonds. The third-order valence-corrected chi connectivity index (χ3v) is 0.464. The van der Waals surface area contributed by atoms with Crippen molar-refractivity contribution in [3.63, 3.8) is 0 Å². The largest absolute Gasteiger partial charge is 2.00 e. The molecular formula is C4H10MgO2Zn. The maximum Gasteiger partial charge on any atom is 2.00 e. The molecule has 0 aromatic carbocycles. The quantitative estimate of drug-likeness (QED) is 0.635. The molecule has 0 aliphatic rings. The fraction of sp³-hybridized carbons (Fsp3) is 0.750. The number of aliphatic carboxylic acids is 1. The Morgan fingerprint density at radius 2 is 2.12 bits per heavy atom. The van der Waals surface area contributed by atoms with E-state index in [9.17, 15) is 4.79 Å². The normalized spacial score (nSPS) is 6.12. The Labute approximate surface area is 80.9 Å². The molecule has 0 atom stereocenters. The van der Waals surface area contributed by atoms with Crippen LogP contribution in [0.15, 0.2) is 0 Å². The van der Waals surface area contributed by atoms with E-state index in [2.05, 4.69) is 0 Å². The van der Waals surface area contributed by atoms with Crippen LogP contribution in [0.2, 0.25) is 0 Å². The number of rotatable bonds is 2. The van der Waals surface area contributed by atoms with Gasteiger partial charge in [0.1, 0.15) is 0 Å². The van der Waals surface area contributed by atoms with Crippen LogP contribution in [-0.4, -0.2) is 34.1 Å². The van der Waals surface area contributed by atoms with Crippen molar-refractivity contribution in [2.45, 2.75) is 19.8 Å². The first-order valence-corrected chi connectivity index (χ1v) is 1.99. The van der Waals surface area contributed by atoms with E-state index in [0.29, 0.717) is 6.42 Å². The van der Waals surface area contributed by atoms with Gasteiger partial charge >= 0.3 is 29.0 Å². The molecule has 2 nitrogen and oxygen atoms in total. The Morgan fingerprint density at radius 1 is 1.75 bits per heavy atom. The van der Waals surface area contributed by atoms with Gasteiger partial charge in [-0.15, -0.1) is 0 Å². The molecule has 42 valence electrons. The summed E-state index contributed by atoms with van der Waals surface area (Å²) < 4.78 is 0. The van der Waals surface area contributed by atoms with Gasteiger partial charge < -0.3 is 7.96 Å². The van der Waals surface area contributed by atoms with Crippen molar-refractivity contribution in [2.24, 2.45) is 0 Å². The van der Waals surface area contributed by atoms with Crippen LogP contribution in [0.5, 0.6) is 0 Å². The molecule has 0 aliphatic carbocycles. The summed E-state index contributed by atoms with van der Waals surface area (Å²) in [4.78, 5) is 9.60. The molecule has 0 spiro atoms. The molecule has 0 aromatic heterocycles. The zero-order chi connectivity index (χ0) is 4.99. The number of hydrogen-bond donors (Lipinski definition) is 1. The third kappa shape index (κ3) is 15.8. The van der Waals surface area contributed by atoms with Gasteiger partial charge in [0.25, 0.3) is 0 Å². The van der Waals surface area contributed by atoms with Gasteiger partial charge in [0.2, 0.25) is 0 Å². The summed E-state index contributed by atoms with van der Waals surface area (Å²) in [5, 5.41) is 7.91. The van der Waals surface area contributed by atoms with Crippen LogP contribution in [-0.2, 0) is 24.3 Å². The molecule has 0 rings (SSSR count). The number of carbonyl (C=O) groups is 1. The molecular weight excluding hydrogens is 170 g/mol. The molecule has 0 radical (unpaired) electrons. The predicted molar refractivity (Wildman–Crippen MR) is 30.5 cm³/mol. The molecule has 0 saturated carbocycles. The van der Waals surface area contributed by atoms with E-state index in [-0.39, 0.29) is 45.4 Å². The van der Waals surface area contributed by atoms with E-state index in [1.807, 2.05) is 6.92 Å². The molecule has 4 heteroatoms. The minimum atomic E-state index is -0.711. The SMILES string of the molecule is CCCC(=O)O.[H-].[H-].[Mg+2].[Zn]. The first-order valence-electron chi connectivity index (χ1n) is 1.99. The average Bonchev–Trinajstić information content (AvgIpc) is 1.35. The van der Waals surface area contributed by atoms with Crippen LogP contribution < -0.4 is 0 Å². The van der Waals surface area contributed by atoms with Gasteiger partial charge in [-0.2, -0.15) is 0 Å². The number of hydrogen-bond acceptors (Lipinski definition) is 1. The fourth-order valence-electron chi connectivity index (χ4n) is 0.214. The Morgan fingerprint density at radius 3 is 2.12 bits per heavy atom. The van der Waals surface area contributed by atoms with Crippen molar-refractivity contribution >= 4 is 29.0 Å². The second-order valence-electron chi connectivity index (χ2n) is 1.14. The zero-order valence-corrected chi connectivity index (χ0v) is 9.57. The maximum absolute atomic E-state index is 9.60. The zero-order valence-electron chi connectivity index (χ0n) is 7.18. The monoisotopic (exact) mass is 178 g/mol. The van der Waals surface area contributed by atoms with Crippen LogP contribution >= 0.6 is 0 Å². The number of carboxylic acids is 1. The van der Waals surface area contributed by atoms with Crippen molar-refractivity contribution < 1.29 is 32.2 Å². The first kappa shape index (κ1) is 15.9. The van der Waals surface area contributed by atoms with Gasteiger partial charge in [-0.25, -0.2) is 0 Å². The fourth-order valence-corrected chi connectivity index (χ4v) is 0.214. The van der Waals surface area contributed by atoms with E-state index < -0.39 is 5.97 Å². The summed E-state index contributed by atoms with van der Waals surface area (Å²) in [5.74, 6) is -0.711. The van der Waals surface area contributed by atoms with Crippen LogP contribution in [0.25, 0.3) is 0 Å². The minimum absolute atomic E-state index is 0. The molecule has 0 heterocycles. The van der Waals surface area contributed by atoms with Crippen LogP contribution in [0, 0.1) is 0 Å². The molecule has 0 aromatic rings. The standard InChI is InChI=1S/C4H8O2.Mg.Zn.2H/c1-2-3-4(5)6;;;;/h2-3H2,1H3,(H,5,6);;;;/q;+2;;2*-1. The molecule has 0 saturated heterocycles. The van der Waals surface area contributed by atoms with Gasteiger partial charge in [-0.05, 0) is 6.42 Å². The van der Waals surface area contributed by atoms with Gasteiger partial charge in [-0.1, -0.05) is 6.92 Å². The van der Waals surface area contributed by atoms with E-state index in [1.54, 1.807) is 0 Å². The van der Waals surface area contributed by atoms with Crippen molar-refractivity contribution in [1.82, 2.24) is 0 Å². The van der Waals surface area contributed by atoms with E-state index >= 15 is 0 Å². The topological polar surface area (TPSA) is 37.3 Å². The Hall–Kier alpha value is 0.860. The van der Waals surface area contributed by atoms with Crippen molar-refractivity contribution in [2.75, 3.05) is 0 Å². The Balaban J connectivity index is -0.0000000208. The summed E-state index contributed by atoms with van der Waals surface area (Å²) in [7, 11) is 0. The molecule has 1 N–H and O–H groups in total. The molecule has 0 unspecified atom stereocenters. The first-order chi connectivity index (χ1) is 2.77. The summed E-state index contributed by atoms with van der Waals surface area (Å²) in [6, 6.07) is 0. The van der Waals surface area contributed by atoms with E-state index in [0.717, 1.165) is 6.42 Å². The number of carboxylic acid groups (broad SMARTS) is 1. The third-order valence-electron chi connectivity index (χ3n) is 0.464. The van der Waals surface area contributed by atoms with Crippen molar-refractivity contribution in [1.29, 1.82) is 0 Å². The Kier molecular flexibility index (Phi) is 21.5. The molecule has 0 bridgehead atoms. The molecule has 8 heavy (non-hydrogen) atoms. The van der Waals surface area contributed by atoms with Gasteiger partial charge in [0.15, 0.2) is 0 Å². The minimum Gasteiger partial charge on any atom is -1.00 e. The van der Waals surface area contributed by atoms with Gasteiger partial charge in [0.05, 0.1) is 0 Å². The van der Waals surface area contributed by atoms with Crippen molar-refractivity contribution in [3.05, 3.63) is 0 Å². The maximum atomic E-state index is 9.60. The second kappa shape index (κ2) is 10.8. The van der Waals surface area contributed by atoms with Crippen LogP contribution in [0.1, 0.15) is 22.6 Å². The summed E-state index contributed by atoms with van der Waals surface area (Å²) in [6.07, 6.45) is 1.02.